The number of halogens is 2. The fraction of sp³-hybridized carbons (Fsp3) is 0.609. The largest absolute Gasteiger partial charge is 0.481 e. The molecule has 6 nitrogen and oxygen atoms in total. The highest BCUT2D eigenvalue weighted by Crippen LogP contribution is 2.50. The molecule has 2 atom stereocenters. The Morgan fingerprint density at radius 2 is 1.90 bits per heavy atom. The van der Waals surface area contributed by atoms with Crippen LogP contribution in [0.3, 0.4) is 0 Å². The van der Waals surface area contributed by atoms with Crippen molar-refractivity contribution in [3.05, 3.63) is 28.8 Å². The first kappa shape index (κ1) is 21.7. The van der Waals surface area contributed by atoms with Crippen molar-refractivity contribution < 1.29 is 28.3 Å². The van der Waals surface area contributed by atoms with Crippen LogP contribution in [0.5, 0.6) is 0 Å². The highest BCUT2D eigenvalue weighted by Gasteiger charge is 2.50. The Labute approximate surface area is 180 Å². The number of carbonyl (C=O) groups excluding carboxylic acids is 2. The van der Waals surface area contributed by atoms with E-state index in [1.54, 1.807) is 20.8 Å². The lowest BCUT2D eigenvalue weighted by Crippen LogP contribution is -2.48. The quantitative estimate of drug-likeness (QED) is 0.656. The first-order valence-electron chi connectivity index (χ1n) is 10.9. The minimum absolute atomic E-state index is 0.0157. The Bertz CT molecular complexity index is 953. The monoisotopic (exact) mass is 434 g/mol. The predicted molar refractivity (Wildman–Crippen MR) is 110 cm³/mol. The van der Waals surface area contributed by atoms with Gasteiger partial charge in [-0.3, -0.25) is 19.3 Å². The van der Waals surface area contributed by atoms with Gasteiger partial charge in [0, 0.05) is 18.0 Å². The lowest BCUT2D eigenvalue weighted by molar-refractivity contribution is -0.138. The zero-order valence-electron chi connectivity index (χ0n) is 18.0. The van der Waals surface area contributed by atoms with Gasteiger partial charge in [-0.15, -0.1) is 0 Å². The molecule has 2 fully saturated rings. The van der Waals surface area contributed by atoms with Gasteiger partial charge in [0.1, 0.15) is 18.2 Å². The van der Waals surface area contributed by atoms with E-state index in [1.807, 2.05) is 0 Å². The molecular formula is C23H28F2N2O4. The summed E-state index contributed by atoms with van der Waals surface area (Å²) in [5.41, 5.74) is -1.11. The molecule has 8 heteroatoms. The molecule has 0 bridgehead atoms. The number of fused-ring (bicyclic) bond motifs is 1. The van der Waals surface area contributed by atoms with Crippen molar-refractivity contribution in [3.8, 4) is 0 Å². The Balaban J connectivity index is 1.58. The third kappa shape index (κ3) is 3.92. The topological polar surface area (TPSA) is 86.7 Å². The second kappa shape index (κ2) is 7.57. The maximum Gasteiger partial charge on any atom is 0.303 e. The third-order valence-corrected chi connectivity index (χ3v) is 6.78. The van der Waals surface area contributed by atoms with Gasteiger partial charge in [-0.2, -0.15) is 0 Å². The first-order valence-corrected chi connectivity index (χ1v) is 10.9. The summed E-state index contributed by atoms with van der Waals surface area (Å²) in [6.45, 7) is 4.43. The maximum atomic E-state index is 15.3. The summed E-state index contributed by atoms with van der Waals surface area (Å²) < 4.78 is 30.3. The van der Waals surface area contributed by atoms with Crippen molar-refractivity contribution in [2.45, 2.75) is 70.3 Å². The molecule has 0 radical (unpaired) electrons. The Hall–Kier alpha value is -2.51. The van der Waals surface area contributed by atoms with E-state index < -0.39 is 41.4 Å². The van der Waals surface area contributed by atoms with E-state index in [4.69, 9.17) is 5.11 Å². The van der Waals surface area contributed by atoms with Gasteiger partial charge in [-0.05, 0) is 68.9 Å². The van der Waals surface area contributed by atoms with Crippen LogP contribution in [0.2, 0.25) is 0 Å². The van der Waals surface area contributed by atoms with Crippen LogP contribution in [0.25, 0.3) is 0 Å². The number of aliphatic carboxylic acids is 1. The number of rotatable bonds is 8. The van der Waals surface area contributed by atoms with E-state index in [-0.39, 0.29) is 41.5 Å². The van der Waals surface area contributed by atoms with Gasteiger partial charge in [0.2, 0.25) is 11.8 Å². The van der Waals surface area contributed by atoms with Crippen LogP contribution < -0.4 is 10.2 Å². The summed E-state index contributed by atoms with van der Waals surface area (Å²) in [7, 11) is 0. The molecule has 0 spiro atoms. The summed E-state index contributed by atoms with van der Waals surface area (Å²) in [6.07, 6.45) is 3.32. The lowest BCUT2D eigenvalue weighted by atomic mass is 9.84. The molecule has 4 rings (SSSR count). The number of nitrogens with zero attached hydrogens (tertiary/aromatic N) is 1. The summed E-state index contributed by atoms with van der Waals surface area (Å²) in [4.78, 5) is 38.0. The molecule has 1 aromatic carbocycles. The molecular weight excluding hydrogens is 406 g/mol. The van der Waals surface area contributed by atoms with E-state index in [2.05, 4.69) is 5.32 Å². The minimum atomic E-state index is -1.28. The molecule has 0 unspecified atom stereocenters. The van der Waals surface area contributed by atoms with Gasteiger partial charge in [0.15, 0.2) is 0 Å². The van der Waals surface area contributed by atoms with Crippen LogP contribution in [0.1, 0.15) is 69.9 Å². The summed E-state index contributed by atoms with van der Waals surface area (Å²) in [5.74, 6) is -3.30. The molecule has 3 aliphatic rings. The average molecular weight is 434 g/mol. The number of carbonyl (C=O) groups is 3. The number of hydrogen-bond donors (Lipinski definition) is 2. The maximum absolute atomic E-state index is 15.3. The van der Waals surface area contributed by atoms with E-state index in [0.717, 1.165) is 36.6 Å². The number of hydrogen-bond acceptors (Lipinski definition) is 3. The van der Waals surface area contributed by atoms with E-state index >= 15 is 8.78 Å². The van der Waals surface area contributed by atoms with Gasteiger partial charge < -0.3 is 10.4 Å². The second-order valence-electron chi connectivity index (χ2n) is 9.78. The van der Waals surface area contributed by atoms with E-state index in [0.29, 0.717) is 5.56 Å². The molecule has 168 valence electrons. The number of benzene rings is 1. The average Bonchev–Trinajstić information content (AvgIpc) is 3.57. The van der Waals surface area contributed by atoms with Gasteiger partial charge in [-0.25, -0.2) is 8.78 Å². The zero-order valence-corrected chi connectivity index (χ0v) is 18.0. The van der Waals surface area contributed by atoms with Crippen LogP contribution in [0.4, 0.5) is 14.5 Å². The smallest absolute Gasteiger partial charge is 0.303 e. The summed E-state index contributed by atoms with van der Waals surface area (Å²) in [5, 5.41) is 11.9. The SMILES string of the molecule is C[C@H](CC(=O)O)[C@H](NC(=O)CN1C(=O)C(C)(C)c2c(F)c(C3CC3)cc(F)c21)C1CC1. The molecule has 0 saturated heterocycles. The van der Waals surface area contributed by atoms with Gasteiger partial charge in [-0.1, -0.05) is 6.92 Å². The molecule has 2 saturated carbocycles. The number of carboxylic acid groups (broad SMARTS) is 1. The molecule has 1 aliphatic heterocycles. The van der Waals surface area contributed by atoms with Gasteiger partial charge in [0.25, 0.3) is 0 Å². The lowest BCUT2D eigenvalue weighted by Gasteiger charge is -2.26. The van der Waals surface area contributed by atoms with Crippen molar-refractivity contribution >= 4 is 23.5 Å². The van der Waals surface area contributed by atoms with Crippen molar-refractivity contribution in [2.24, 2.45) is 11.8 Å². The van der Waals surface area contributed by atoms with Crippen molar-refractivity contribution in [1.29, 1.82) is 0 Å². The van der Waals surface area contributed by atoms with Crippen LogP contribution in [0, 0.1) is 23.5 Å². The molecule has 0 aromatic heterocycles. The van der Waals surface area contributed by atoms with Crippen LogP contribution in [0.15, 0.2) is 6.07 Å². The van der Waals surface area contributed by atoms with Gasteiger partial charge >= 0.3 is 5.97 Å². The van der Waals surface area contributed by atoms with Crippen molar-refractivity contribution in [1.82, 2.24) is 5.32 Å². The third-order valence-electron chi connectivity index (χ3n) is 6.78. The molecule has 1 aromatic rings. The van der Waals surface area contributed by atoms with Gasteiger partial charge in [0.05, 0.1) is 11.1 Å². The second-order valence-corrected chi connectivity index (χ2v) is 9.78. The molecule has 1 heterocycles. The standard InChI is InChI=1S/C23H28F2N2O4/c1-11(8-17(29)30)20(13-6-7-13)26-16(28)10-27-21-15(24)9-14(12-4-5-12)19(25)18(21)23(2,3)22(27)31/h9,11-13,20H,4-8,10H2,1-3H3,(H,26,28)(H,29,30)/t11-,20+/m1/s1. The summed E-state index contributed by atoms with van der Waals surface area (Å²) in [6, 6.07) is 0.834. The zero-order chi connectivity index (χ0) is 22.7. The first-order chi connectivity index (χ1) is 14.5. The molecule has 31 heavy (non-hydrogen) atoms. The van der Waals surface area contributed by atoms with E-state index in [9.17, 15) is 14.4 Å². The normalized spacial score (nSPS) is 21.6. The number of carboxylic acids is 1. The van der Waals surface area contributed by atoms with E-state index in [1.165, 1.54) is 0 Å². The predicted octanol–water partition coefficient (Wildman–Crippen LogP) is 3.47. The minimum Gasteiger partial charge on any atom is -0.481 e. The number of anilines is 1. The van der Waals surface area contributed by atoms with Crippen LogP contribution in [-0.4, -0.2) is 35.5 Å². The van der Waals surface area contributed by atoms with Crippen molar-refractivity contribution in [3.63, 3.8) is 0 Å². The Morgan fingerprint density at radius 1 is 1.26 bits per heavy atom. The Morgan fingerprint density at radius 3 is 2.45 bits per heavy atom. The highest BCUT2D eigenvalue weighted by atomic mass is 19.1. The molecule has 2 aliphatic carbocycles. The van der Waals surface area contributed by atoms with Crippen LogP contribution in [-0.2, 0) is 19.8 Å². The van der Waals surface area contributed by atoms with Crippen molar-refractivity contribution in [2.75, 3.05) is 11.4 Å². The highest BCUT2D eigenvalue weighted by molar-refractivity contribution is 6.10. The molecule has 2 amide bonds. The van der Waals surface area contributed by atoms with Crippen LogP contribution >= 0.6 is 0 Å². The fourth-order valence-electron chi connectivity index (χ4n) is 4.82. The summed E-state index contributed by atoms with van der Waals surface area (Å²) >= 11 is 0. The number of amides is 2. The molecule has 2 N–H and O–H groups in total. The Kier molecular flexibility index (Phi) is 5.30. The number of nitrogens with one attached hydrogen (secondary N) is 1. The fourth-order valence-corrected chi connectivity index (χ4v) is 4.82.